The Bertz CT molecular complexity index is 698. The Morgan fingerprint density at radius 3 is 2.39 bits per heavy atom. The lowest BCUT2D eigenvalue weighted by Gasteiger charge is -2.44. The minimum Gasteiger partial charge on any atom is -0.488 e. The van der Waals surface area contributed by atoms with Crippen LogP contribution in [-0.2, 0) is 14.3 Å². The van der Waals surface area contributed by atoms with Crippen LogP contribution in [0.3, 0.4) is 0 Å². The van der Waals surface area contributed by atoms with Crippen molar-refractivity contribution in [3.8, 4) is 5.75 Å². The number of quaternary nitrogens is 1. The van der Waals surface area contributed by atoms with Crippen molar-refractivity contribution in [3.63, 3.8) is 0 Å². The fourth-order valence-corrected chi connectivity index (χ4v) is 4.30. The van der Waals surface area contributed by atoms with Crippen molar-refractivity contribution in [2.75, 3.05) is 33.4 Å². The van der Waals surface area contributed by atoms with E-state index in [1.807, 2.05) is 19.1 Å². The van der Waals surface area contributed by atoms with Crippen LogP contribution in [0, 0.1) is 6.92 Å². The summed E-state index contributed by atoms with van der Waals surface area (Å²) in [7, 11) is 2.20. The molecule has 1 aromatic carbocycles. The molecule has 2 atom stereocenters. The average Bonchev–Trinajstić information content (AvgIpc) is 2.68. The predicted molar refractivity (Wildman–Crippen MR) is 125 cm³/mol. The van der Waals surface area contributed by atoms with Crippen LogP contribution in [-0.4, -0.2) is 61.0 Å². The maximum absolute atomic E-state index is 12.5. The topological polar surface area (TPSA) is 44.8 Å². The number of carbonyl (C=O) groups is 1. The smallest absolute Gasteiger partial charge is 0.364 e. The lowest BCUT2D eigenvalue weighted by Crippen LogP contribution is -2.60. The Balaban J connectivity index is 1.84. The van der Waals surface area contributed by atoms with E-state index in [4.69, 9.17) is 14.2 Å². The van der Waals surface area contributed by atoms with Crippen molar-refractivity contribution in [2.24, 2.45) is 0 Å². The number of nitrogens with zero attached hydrogens (tertiary/aromatic N) is 1. The summed E-state index contributed by atoms with van der Waals surface area (Å²) >= 11 is 0. The van der Waals surface area contributed by atoms with Crippen molar-refractivity contribution in [1.29, 1.82) is 0 Å². The molecule has 1 heterocycles. The lowest BCUT2D eigenvalue weighted by atomic mass is 9.96. The summed E-state index contributed by atoms with van der Waals surface area (Å²) in [5.41, 5.74) is 0.675. The quantitative estimate of drug-likeness (QED) is 0.351. The minimum atomic E-state index is -0.300. The van der Waals surface area contributed by atoms with E-state index in [1.165, 1.54) is 5.56 Å². The Morgan fingerprint density at radius 1 is 1.06 bits per heavy atom. The average molecular weight is 435 g/mol. The van der Waals surface area contributed by atoms with Gasteiger partial charge in [-0.15, -0.1) is 0 Å². The monoisotopic (exact) mass is 434 g/mol. The van der Waals surface area contributed by atoms with E-state index in [1.54, 1.807) is 0 Å². The number of piperidine rings is 1. The zero-order valence-electron chi connectivity index (χ0n) is 20.8. The molecule has 1 fully saturated rings. The number of aryl methyl sites for hydroxylation is 1. The number of likely N-dealkylation sites (N-methyl/N-ethyl adjacent to an activating group) is 1. The Hall–Kier alpha value is -1.59. The first-order valence-electron chi connectivity index (χ1n) is 11.9. The van der Waals surface area contributed by atoms with Crippen molar-refractivity contribution in [3.05, 3.63) is 29.8 Å². The molecular weight excluding hydrogens is 390 g/mol. The fourth-order valence-electron chi connectivity index (χ4n) is 4.30. The highest BCUT2D eigenvalue weighted by Crippen LogP contribution is 2.28. The van der Waals surface area contributed by atoms with Crippen LogP contribution in [0.15, 0.2) is 24.3 Å². The van der Waals surface area contributed by atoms with Crippen LogP contribution in [0.4, 0.5) is 0 Å². The SMILES string of the molecule is CCOC(=O)C1CCCC[N+]1(C)CCC(C)(C)OCCC(C)(C)Oc1ccc(C)cc1. The molecule has 1 aliphatic heterocycles. The summed E-state index contributed by atoms with van der Waals surface area (Å²) in [6.45, 7) is 15.5. The number of esters is 1. The van der Waals surface area contributed by atoms with Gasteiger partial charge in [0.15, 0.2) is 6.04 Å². The number of hydrogen-bond donors (Lipinski definition) is 0. The second kappa shape index (κ2) is 10.8. The van der Waals surface area contributed by atoms with Gasteiger partial charge < -0.3 is 18.7 Å². The number of benzene rings is 1. The first kappa shape index (κ1) is 25.7. The lowest BCUT2D eigenvalue weighted by molar-refractivity contribution is -0.930. The minimum absolute atomic E-state index is 0.0431. The van der Waals surface area contributed by atoms with E-state index in [-0.39, 0.29) is 23.2 Å². The third-order valence-electron chi connectivity index (χ3n) is 6.54. The summed E-state index contributed by atoms with van der Waals surface area (Å²) < 4.78 is 18.6. The summed E-state index contributed by atoms with van der Waals surface area (Å²) in [6, 6.07) is 8.12. The number of rotatable bonds is 11. The van der Waals surface area contributed by atoms with Gasteiger partial charge in [-0.1, -0.05) is 17.7 Å². The zero-order chi connectivity index (χ0) is 23.1. The largest absolute Gasteiger partial charge is 0.488 e. The highest BCUT2D eigenvalue weighted by Gasteiger charge is 2.42. The molecule has 176 valence electrons. The fraction of sp³-hybridized carbons (Fsp3) is 0.731. The second-order valence-corrected chi connectivity index (χ2v) is 10.5. The molecule has 0 radical (unpaired) electrons. The molecule has 2 unspecified atom stereocenters. The number of carbonyl (C=O) groups excluding carboxylic acids is 1. The van der Waals surface area contributed by atoms with Gasteiger partial charge in [0.05, 0.1) is 39.0 Å². The number of ether oxygens (including phenoxy) is 3. The summed E-state index contributed by atoms with van der Waals surface area (Å²) in [4.78, 5) is 12.5. The molecule has 0 N–H and O–H groups in total. The third-order valence-corrected chi connectivity index (χ3v) is 6.54. The molecule has 0 amide bonds. The van der Waals surface area contributed by atoms with E-state index in [2.05, 4.69) is 53.8 Å². The maximum Gasteiger partial charge on any atom is 0.364 e. The van der Waals surface area contributed by atoms with Gasteiger partial charge in [0.25, 0.3) is 0 Å². The highest BCUT2D eigenvalue weighted by molar-refractivity contribution is 5.74. The first-order chi connectivity index (χ1) is 14.5. The molecule has 0 bridgehead atoms. The molecule has 2 rings (SSSR count). The van der Waals surface area contributed by atoms with E-state index in [0.29, 0.717) is 13.2 Å². The van der Waals surface area contributed by atoms with Gasteiger partial charge in [-0.05, 0) is 66.5 Å². The summed E-state index contributed by atoms with van der Waals surface area (Å²) in [5.74, 6) is 0.848. The molecule has 1 aliphatic rings. The molecule has 5 heteroatoms. The molecule has 1 saturated heterocycles. The molecular formula is C26H44NO4+. The summed E-state index contributed by atoms with van der Waals surface area (Å²) in [6.07, 6.45) is 4.90. The van der Waals surface area contributed by atoms with Gasteiger partial charge in [-0.3, -0.25) is 0 Å². The molecule has 0 aromatic heterocycles. The maximum atomic E-state index is 12.5. The van der Waals surface area contributed by atoms with Crippen molar-refractivity contribution in [2.45, 2.75) is 90.9 Å². The predicted octanol–water partition coefficient (Wildman–Crippen LogP) is 5.29. The van der Waals surface area contributed by atoms with Crippen LogP contribution >= 0.6 is 0 Å². The highest BCUT2D eigenvalue weighted by atomic mass is 16.5. The Morgan fingerprint density at radius 2 is 1.74 bits per heavy atom. The van der Waals surface area contributed by atoms with E-state index < -0.39 is 0 Å². The van der Waals surface area contributed by atoms with Crippen molar-refractivity contribution < 1.29 is 23.5 Å². The molecule has 0 aliphatic carbocycles. The zero-order valence-corrected chi connectivity index (χ0v) is 20.8. The molecule has 1 aromatic rings. The van der Waals surface area contributed by atoms with E-state index in [9.17, 15) is 4.79 Å². The van der Waals surface area contributed by atoms with Gasteiger partial charge >= 0.3 is 5.97 Å². The van der Waals surface area contributed by atoms with Crippen LogP contribution in [0.1, 0.15) is 72.3 Å². The van der Waals surface area contributed by atoms with Gasteiger partial charge in [0, 0.05) is 19.3 Å². The van der Waals surface area contributed by atoms with Crippen LogP contribution < -0.4 is 4.74 Å². The van der Waals surface area contributed by atoms with Gasteiger partial charge in [0.1, 0.15) is 11.4 Å². The molecule has 0 spiro atoms. The first-order valence-corrected chi connectivity index (χ1v) is 11.9. The van der Waals surface area contributed by atoms with Gasteiger partial charge in [0.2, 0.25) is 0 Å². The van der Waals surface area contributed by atoms with Gasteiger partial charge in [-0.2, -0.15) is 0 Å². The second-order valence-electron chi connectivity index (χ2n) is 10.5. The number of likely N-dealkylation sites (tertiary alicyclic amines) is 1. The van der Waals surface area contributed by atoms with E-state index >= 15 is 0 Å². The Labute approximate surface area is 189 Å². The Kier molecular flexibility index (Phi) is 8.96. The van der Waals surface area contributed by atoms with Crippen LogP contribution in [0.25, 0.3) is 0 Å². The van der Waals surface area contributed by atoms with E-state index in [0.717, 1.165) is 55.4 Å². The van der Waals surface area contributed by atoms with Crippen molar-refractivity contribution >= 4 is 5.97 Å². The van der Waals surface area contributed by atoms with Crippen LogP contribution in [0.2, 0.25) is 0 Å². The molecule has 5 nitrogen and oxygen atoms in total. The normalized spacial score (nSPS) is 22.2. The number of hydrogen-bond acceptors (Lipinski definition) is 4. The van der Waals surface area contributed by atoms with Crippen molar-refractivity contribution in [1.82, 2.24) is 0 Å². The molecule has 31 heavy (non-hydrogen) atoms. The third kappa shape index (κ3) is 8.12. The standard InChI is InChI=1S/C26H44NO4/c1-8-29-24(28)23-11-9-10-18-27(23,7)19-16-25(3,4)30-20-17-26(5,6)31-22-14-12-21(2)13-15-22/h12-15,23H,8-11,16-20H2,1-7H3/q+1. The van der Waals surface area contributed by atoms with Crippen LogP contribution in [0.5, 0.6) is 5.75 Å². The molecule has 0 saturated carbocycles. The van der Waals surface area contributed by atoms with Gasteiger partial charge in [-0.25, -0.2) is 4.79 Å². The summed E-state index contributed by atoms with van der Waals surface area (Å²) in [5, 5.41) is 0.